The Morgan fingerprint density at radius 1 is 1.39 bits per heavy atom. The molecule has 2 fully saturated rings. The summed E-state index contributed by atoms with van der Waals surface area (Å²) in [4.78, 5) is 24.5. The third-order valence-electron chi connectivity index (χ3n) is 3.81. The number of rotatable bonds is 4. The monoisotopic (exact) mass is 256 g/mol. The molecular weight excluding hydrogens is 236 g/mol. The van der Waals surface area contributed by atoms with Gasteiger partial charge in [0.05, 0.1) is 19.3 Å². The number of carboxylic acid groups (broad SMARTS) is 1. The van der Waals surface area contributed by atoms with E-state index in [4.69, 9.17) is 9.84 Å². The van der Waals surface area contributed by atoms with Gasteiger partial charge in [-0.1, -0.05) is 6.42 Å². The Morgan fingerprint density at radius 2 is 2.11 bits per heavy atom. The van der Waals surface area contributed by atoms with Crippen molar-refractivity contribution in [2.75, 3.05) is 26.8 Å². The van der Waals surface area contributed by atoms with Crippen LogP contribution in [0.5, 0.6) is 0 Å². The molecule has 0 radical (unpaired) electrons. The zero-order chi connectivity index (χ0) is 13.1. The highest BCUT2D eigenvalue weighted by Gasteiger charge is 2.35. The standard InChI is InChI=1S/C12H20N2O4/c1-14(5-8-3-2-4-8)12(17)13-10-7-18-6-9(10)11(15)16/h8-10H,2-7H2,1H3,(H,13,17)(H,15,16). The van der Waals surface area contributed by atoms with E-state index < -0.39 is 17.9 Å². The van der Waals surface area contributed by atoms with E-state index in [1.165, 1.54) is 19.3 Å². The lowest BCUT2D eigenvalue weighted by Gasteiger charge is -2.31. The van der Waals surface area contributed by atoms with Crippen LogP contribution in [0.15, 0.2) is 0 Å². The molecule has 2 aliphatic rings. The number of carbonyl (C=O) groups excluding carboxylic acids is 1. The molecule has 1 saturated carbocycles. The van der Waals surface area contributed by atoms with Gasteiger partial charge < -0.3 is 20.1 Å². The summed E-state index contributed by atoms with van der Waals surface area (Å²) in [6.07, 6.45) is 3.61. The average Bonchev–Trinajstić information content (AvgIpc) is 2.71. The molecule has 6 nitrogen and oxygen atoms in total. The summed E-state index contributed by atoms with van der Waals surface area (Å²) in [6.45, 7) is 1.20. The number of ether oxygens (including phenoxy) is 1. The van der Waals surface area contributed by atoms with Gasteiger partial charge in [0.15, 0.2) is 0 Å². The number of carbonyl (C=O) groups is 2. The van der Waals surface area contributed by atoms with Crippen molar-refractivity contribution in [1.29, 1.82) is 0 Å². The average molecular weight is 256 g/mol. The molecule has 6 heteroatoms. The molecule has 102 valence electrons. The zero-order valence-corrected chi connectivity index (χ0v) is 10.6. The molecule has 1 aliphatic carbocycles. The van der Waals surface area contributed by atoms with Crippen molar-refractivity contribution in [3.63, 3.8) is 0 Å². The van der Waals surface area contributed by atoms with Crippen molar-refractivity contribution in [1.82, 2.24) is 10.2 Å². The van der Waals surface area contributed by atoms with Gasteiger partial charge in [-0.25, -0.2) is 4.79 Å². The molecule has 2 atom stereocenters. The van der Waals surface area contributed by atoms with Crippen molar-refractivity contribution in [2.45, 2.75) is 25.3 Å². The van der Waals surface area contributed by atoms with Gasteiger partial charge in [-0.05, 0) is 18.8 Å². The van der Waals surface area contributed by atoms with Crippen molar-refractivity contribution in [3.8, 4) is 0 Å². The van der Waals surface area contributed by atoms with Gasteiger partial charge in [-0.3, -0.25) is 4.79 Å². The lowest BCUT2D eigenvalue weighted by Crippen LogP contribution is -2.49. The van der Waals surface area contributed by atoms with E-state index >= 15 is 0 Å². The molecule has 0 aromatic rings. The highest BCUT2D eigenvalue weighted by atomic mass is 16.5. The fourth-order valence-corrected chi connectivity index (χ4v) is 2.35. The molecule has 2 N–H and O–H groups in total. The largest absolute Gasteiger partial charge is 0.481 e. The van der Waals surface area contributed by atoms with Crippen LogP contribution in [0.2, 0.25) is 0 Å². The van der Waals surface area contributed by atoms with Gasteiger partial charge in [0.2, 0.25) is 0 Å². The highest BCUT2D eigenvalue weighted by Crippen LogP contribution is 2.26. The van der Waals surface area contributed by atoms with Gasteiger partial charge in [0, 0.05) is 13.6 Å². The zero-order valence-electron chi connectivity index (χ0n) is 10.6. The van der Waals surface area contributed by atoms with E-state index in [0.717, 1.165) is 6.54 Å². The Morgan fingerprint density at radius 3 is 2.67 bits per heavy atom. The Labute approximate surface area is 106 Å². The predicted octanol–water partition coefficient (Wildman–Crippen LogP) is 0.527. The minimum atomic E-state index is -0.917. The summed E-state index contributed by atoms with van der Waals surface area (Å²) in [5, 5.41) is 11.7. The van der Waals surface area contributed by atoms with Crippen molar-refractivity contribution in [3.05, 3.63) is 0 Å². The molecule has 1 saturated heterocycles. The topological polar surface area (TPSA) is 78.9 Å². The Bertz CT molecular complexity index is 330. The molecular formula is C12H20N2O4. The van der Waals surface area contributed by atoms with Gasteiger partial charge in [0.25, 0.3) is 0 Å². The maximum Gasteiger partial charge on any atom is 0.317 e. The van der Waals surface area contributed by atoms with Crippen LogP contribution in [-0.4, -0.2) is 54.9 Å². The van der Waals surface area contributed by atoms with E-state index in [-0.39, 0.29) is 19.2 Å². The second-order valence-electron chi connectivity index (χ2n) is 5.22. The second kappa shape index (κ2) is 5.56. The number of hydrogen-bond donors (Lipinski definition) is 2. The lowest BCUT2D eigenvalue weighted by atomic mass is 9.85. The SMILES string of the molecule is CN(CC1CCC1)C(=O)NC1COCC1C(=O)O. The van der Waals surface area contributed by atoms with Crippen LogP contribution in [0, 0.1) is 11.8 Å². The van der Waals surface area contributed by atoms with Gasteiger partial charge in [0.1, 0.15) is 5.92 Å². The van der Waals surface area contributed by atoms with Crippen molar-refractivity contribution < 1.29 is 19.4 Å². The van der Waals surface area contributed by atoms with E-state index in [1.54, 1.807) is 11.9 Å². The molecule has 2 rings (SSSR count). The van der Waals surface area contributed by atoms with Crippen molar-refractivity contribution >= 4 is 12.0 Å². The molecule has 2 amide bonds. The third kappa shape index (κ3) is 2.93. The summed E-state index contributed by atoms with van der Waals surface area (Å²) in [5.74, 6) is -0.943. The van der Waals surface area contributed by atoms with Crippen LogP contribution < -0.4 is 5.32 Å². The molecule has 1 aliphatic heterocycles. The second-order valence-corrected chi connectivity index (χ2v) is 5.22. The van der Waals surface area contributed by atoms with Crippen LogP contribution in [0.3, 0.4) is 0 Å². The summed E-state index contributed by atoms with van der Waals surface area (Å²) in [7, 11) is 1.75. The smallest absolute Gasteiger partial charge is 0.317 e. The number of urea groups is 1. The van der Waals surface area contributed by atoms with Crippen molar-refractivity contribution in [2.24, 2.45) is 11.8 Å². The van der Waals surface area contributed by atoms with E-state index in [1.807, 2.05) is 0 Å². The van der Waals surface area contributed by atoms with Crippen LogP contribution in [0.4, 0.5) is 4.79 Å². The summed E-state index contributed by atoms with van der Waals surface area (Å²) in [5.41, 5.74) is 0. The third-order valence-corrected chi connectivity index (χ3v) is 3.81. The normalized spacial score (nSPS) is 27.6. The first-order valence-electron chi connectivity index (χ1n) is 6.40. The summed E-state index contributed by atoms with van der Waals surface area (Å²) < 4.78 is 5.11. The van der Waals surface area contributed by atoms with E-state index in [0.29, 0.717) is 5.92 Å². The fraction of sp³-hybridized carbons (Fsp3) is 0.833. The van der Waals surface area contributed by atoms with E-state index in [2.05, 4.69) is 5.32 Å². The summed E-state index contributed by atoms with van der Waals surface area (Å²) in [6, 6.07) is -0.623. The van der Waals surface area contributed by atoms with Crippen LogP contribution >= 0.6 is 0 Å². The van der Waals surface area contributed by atoms with Crippen LogP contribution in [0.1, 0.15) is 19.3 Å². The number of aliphatic carboxylic acids is 1. The quantitative estimate of drug-likeness (QED) is 0.769. The molecule has 0 aromatic carbocycles. The predicted molar refractivity (Wildman–Crippen MR) is 64.2 cm³/mol. The minimum absolute atomic E-state index is 0.173. The Hall–Kier alpha value is -1.30. The number of carboxylic acids is 1. The Balaban J connectivity index is 1.80. The minimum Gasteiger partial charge on any atom is -0.481 e. The molecule has 0 aromatic heterocycles. The first kappa shape index (κ1) is 13.1. The maximum atomic E-state index is 11.9. The van der Waals surface area contributed by atoms with Gasteiger partial charge in [-0.15, -0.1) is 0 Å². The van der Waals surface area contributed by atoms with Crippen LogP contribution in [-0.2, 0) is 9.53 Å². The highest BCUT2D eigenvalue weighted by molar-refractivity contribution is 5.77. The van der Waals surface area contributed by atoms with Gasteiger partial charge >= 0.3 is 12.0 Å². The number of nitrogens with one attached hydrogen (secondary N) is 1. The number of hydrogen-bond acceptors (Lipinski definition) is 3. The Kier molecular flexibility index (Phi) is 4.06. The summed E-state index contributed by atoms with van der Waals surface area (Å²) >= 11 is 0. The first-order chi connectivity index (χ1) is 8.58. The lowest BCUT2D eigenvalue weighted by molar-refractivity contribution is -0.142. The van der Waals surface area contributed by atoms with Gasteiger partial charge in [-0.2, -0.15) is 0 Å². The number of amides is 2. The van der Waals surface area contributed by atoms with Crippen LogP contribution in [0.25, 0.3) is 0 Å². The van der Waals surface area contributed by atoms with E-state index in [9.17, 15) is 9.59 Å². The molecule has 1 heterocycles. The molecule has 0 spiro atoms. The molecule has 18 heavy (non-hydrogen) atoms. The maximum absolute atomic E-state index is 11.9. The first-order valence-corrected chi connectivity index (χ1v) is 6.40. The number of nitrogens with zero attached hydrogens (tertiary/aromatic N) is 1. The molecule has 2 unspecified atom stereocenters. The molecule has 0 bridgehead atoms. The fourth-order valence-electron chi connectivity index (χ4n) is 2.35.